The van der Waals surface area contributed by atoms with Crippen molar-refractivity contribution in [3.05, 3.63) is 35.5 Å². The molecule has 2 aromatic heterocycles. The van der Waals surface area contributed by atoms with E-state index in [0.29, 0.717) is 24.2 Å². The van der Waals surface area contributed by atoms with Crippen molar-refractivity contribution < 1.29 is 9.90 Å². The zero-order chi connectivity index (χ0) is 18.0. The molecule has 0 aromatic carbocycles. The Bertz CT molecular complexity index is 774. The molecule has 0 aliphatic carbocycles. The zero-order valence-corrected chi connectivity index (χ0v) is 14.9. The smallest absolute Gasteiger partial charge is 0.254 e. The van der Waals surface area contributed by atoms with E-state index < -0.39 is 5.60 Å². The minimum atomic E-state index is -0.983. The van der Waals surface area contributed by atoms with E-state index in [1.54, 1.807) is 24.9 Å². The molecule has 8 heteroatoms. The summed E-state index contributed by atoms with van der Waals surface area (Å²) in [7, 11) is 1.78. The van der Waals surface area contributed by atoms with Gasteiger partial charge in [0.15, 0.2) is 0 Å². The summed E-state index contributed by atoms with van der Waals surface area (Å²) in [6.45, 7) is 5.16. The molecular weight excluding hydrogens is 320 g/mol. The Kier molecular flexibility index (Phi) is 4.71. The van der Waals surface area contributed by atoms with Gasteiger partial charge in [0.1, 0.15) is 12.1 Å². The molecule has 25 heavy (non-hydrogen) atoms. The number of amides is 1. The van der Waals surface area contributed by atoms with Gasteiger partial charge in [-0.15, -0.1) is 0 Å². The molecule has 1 atom stereocenters. The number of nitrogens with one attached hydrogen (secondary N) is 1. The first-order valence-electron chi connectivity index (χ1n) is 8.41. The number of hydrogen-bond acceptors (Lipinski definition) is 6. The van der Waals surface area contributed by atoms with E-state index in [-0.39, 0.29) is 12.5 Å². The second-order valence-electron chi connectivity index (χ2n) is 6.75. The third-order valence-corrected chi connectivity index (χ3v) is 4.50. The summed E-state index contributed by atoms with van der Waals surface area (Å²) >= 11 is 0. The molecule has 3 heterocycles. The molecule has 0 radical (unpaired) electrons. The molecule has 134 valence electrons. The summed E-state index contributed by atoms with van der Waals surface area (Å²) in [6.07, 6.45) is 4.69. The second kappa shape index (κ2) is 6.79. The predicted molar refractivity (Wildman–Crippen MR) is 93.4 cm³/mol. The van der Waals surface area contributed by atoms with Crippen LogP contribution in [0.5, 0.6) is 0 Å². The number of aromatic nitrogens is 4. The number of hydrogen-bond donors (Lipinski definition) is 2. The van der Waals surface area contributed by atoms with Crippen LogP contribution < -0.4 is 10.2 Å². The zero-order valence-electron chi connectivity index (χ0n) is 14.9. The summed E-state index contributed by atoms with van der Waals surface area (Å²) in [5.74, 6) is 0.592. The fourth-order valence-corrected chi connectivity index (χ4v) is 3.23. The van der Waals surface area contributed by atoms with Gasteiger partial charge in [0, 0.05) is 44.6 Å². The van der Waals surface area contributed by atoms with Gasteiger partial charge in [-0.25, -0.2) is 9.97 Å². The van der Waals surface area contributed by atoms with Crippen LogP contribution in [0.1, 0.15) is 34.6 Å². The van der Waals surface area contributed by atoms with Gasteiger partial charge >= 0.3 is 0 Å². The van der Waals surface area contributed by atoms with Crippen LogP contribution in [0.15, 0.2) is 18.6 Å². The minimum absolute atomic E-state index is 0.195. The Labute approximate surface area is 146 Å². The van der Waals surface area contributed by atoms with Gasteiger partial charge in [-0.05, 0) is 26.7 Å². The van der Waals surface area contributed by atoms with Crippen LogP contribution in [0.3, 0.4) is 0 Å². The van der Waals surface area contributed by atoms with Gasteiger partial charge in [-0.1, -0.05) is 0 Å². The Morgan fingerprint density at radius 3 is 2.88 bits per heavy atom. The SMILES string of the molecule is Cc1cc(N2CCCC(O)(CNC(=O)c3cn(C)nc3C)C2)ncn1. The standard InChI is InChI=1S/C17H24N6O2/c1-12-7-15(20-11-19-12)23-6-4-5-17(25,10-23)9-18-16(24)14-8-22(3)21-13(14)2/h7-8,11,25H,4-6,9-10H2,1-3H3,(H,18,24). The highest BCUT2D eigenvalue weighted by atomic mass is 16.3. The van der Waals surface area contributed by atoms with Gasteiger partial charge in [0.25, 0.3) is 5.91 Å². The number of carbonyl (C=O) groups excluding carboxylic acids is 1. The van der Waals surface area contributed by atoms with Gasteiger partial charge in [0.2, 0.25) is 0 Å². The van der Waals surface area contributed by atoms with Gasteiger partial charge in [-0.2, -0.15) is 5.10 Å². The van der Waals surface area contributed by atoms with Gasteiger partial charge in [-0.3, -0.25) is 9.48 Å². The van der Waals surface area contributed by atoms with Crippen LogP contribution in [0.25, 0.3) is 0 Å². The molecule has 2 aromatic rings. The first-order chi connectivity index (χ1) is 11.9. The van der Waals surface area contributed by atoms with Crippen LogP contribution in [0.4, 0.5) is 5.82 Å². The van der Waals surface area contributed by atoms with E-state index in [9.17, 15) is 9.90 Å². The van der Waals surface area contributed by atoms with Crippen LogP contribution in [0, 0.1) is 13.8 Å². The van der Waals surface area contributed by atoms with Crippen LogP contribution >= 0.6 is 0 Å². The molecule has 1 saturated heterocycles. The van der Waals surface area contributed by atoms with E-state index in [2.05, 4.69) is 20.4 Å². The van der Waals surface area contributed by atoms with Gasteiger partial charge < -0.3 is 15.3 Å². The molecule has 1 unspecified atom stereocenters. The number of aliphatic hydroxyl groups is 1. The van der Waals surface area contributed by atoms with Crippen molar-refractivity contribution >= 4 is 11.7 Å². The Balaban J connectivity index is 1.65. The van der Waals surface area contributed by atoms with Crippen LogP contribution in [-0.4, -0.2) is 56.0 Å². The molecule has 1 amide bonds. The molecule has 1 aliphatic rings. The van der Waals surface area contributed by atoms with Gasteiger partial charge in [0.05, 0.1) is 16.9 Å². The van der Waals surface area contributed by atoms with E-state index in [1.807, 2.05) is 17.9 Å². The highest BCUT2D eigenvalue weighted by Gasteiger charge is 2.34. The number of piperidine rings is 1. The van der Waals surface area contributed by atoms with E-state index in [0.717, 1.165) is 24.5 Å². The lowest BCUT2D eigenvalue weighted by molar-refractivity contribution is 0.0254. The van der Waals surface area contributed by atoms with Crippen molar-refractivity contribution in [2.45, 2.75) is 32.3 Å². The predicted octanol–water partition coefficient (Wildman–Crippen LogP) is 0.588. The molecule has 0 spiro atoms. The second-order valence-corrected chi connectivity index (χ2v) is 6.75. The molecule has 3 rings (SSSR count). The normalized spacial score (nSPS) is 20.6. The average molecular weight is 344 g/mol. The monoisotopic (exact) mass is 344 g/mol. The first-order valence-corrected chi connectivity index (χ1v) is 8.41. The van der Waals surface area contributed by atoms with Crippen molar-refractivity contribution in [3.8, 4) is 0 Å². The molecule has 1 aliphatic heterocycles. The quantitative estimate of drug-likeness (QED) is 0.843. The minimum Gasteiger partial charge on any atom is -0.386 e. The summed E-state index contributed by atoms with van der Waals surface area (Å²) in [5.41, 5.74) is 1.11. The van der Waals surface area contributed by atoms with E-state index in [1.165, 1.54) is 6.33 Å². The lowest BCUT2D eigenvalue weighted by Crippen LogP contribution is -2.54. The number of nitrogens with zero attached hydrogens (tertiary/aromatic N) is 5. The average Bonchev–Trinajstić information content (AvgIpc) is 2.91. The fraction of sp³-hybridized carbons (Fsp3) is 0.529. The van der Waals surface area contributed by atoms with Crippen molar-refractivity contribution in [1.82, 2.24) is 25.1 Å². The third kappa shape index (κ3) is 3.96. The topological polar surface area (TPSA) is 96.2 Å². The maximum absolute atomic E-state index is 12.4. The largest absolute Gasteiger partial charge is 0.386 e. The number of carbonyl (C=O) groups is 1. The van der Waals surface area contributed by atoms with Crippen molar-refractivity contribution in [2.24, 2.45) is 7.05 Å². The Hall–Kier alpha value is -2.48. The van der Waals surface area contributed by atoms with Crippen LogP contribution in [-0.2, 0) is 7.05 Å². The van der Waals surface area contributed by atoms with Crippen molar-refractivity contribution in [2.75, 3.05) is 24.5 Å². The lowest BCUT2D eigenvalue weighted by atomic mass is 9.92. The summed E-state index contributed by atoms with van der Waals surface area (Å²) < 4.78 is 1.61. The summed E-state index contributed by atoms with van der Waals surface area (Å²) in [5, 5.41) is 17.9. The van der Waals surface area contributed by atoms with E-state index >= 15 is 0 Å². The highest BCUT2D eigenvalue weighted by Crippen LogP contribution is 2.24. The molecule has 0 saturated carbocycles. The molecule has 1 fully saturated rings. The summed E-state index contributed by atoms with van der Waals surface area (Å²) in [6, 6.07) is 1.91. The van der Waals surface area contributed by atoms with Crippen molar-refractivity contribution in [1.29, 1.82) is 0 Å². The molecule has 8 nitrogen and oxygen atoms in total. The maximum atomic E-state index is 12.4. The maximum Gasteiger partial charge on any atom is 0.254 e. The Morgan fingerprint density at radius 1 is 1.40 bits per heavy atom. The van der Waals surface area contributed by atoms with E-state index in [4.69, 9.17) is 0 Å². The molecule has 0 bridgehead atoms. The molecular formula is C17H24N6O2. The summed E-state index contributed by atoms with van der Waals surface area (Å²) in [4.78, 5) is 22.8. The number of anilines is 1. The first kappa shape index (κ1) is 17.3. The number of β-amino-alcohol motifs (C(OH)–C–C–N with tert-alkyl or cyclic N) is 1. The Morgan fingerprint density at radius 2 is 2.20 bits per heavy atom. The van der Waals surface area contributed by atoms with Crippen molar-refractivity contribution in [3.63, 3.8) is 0 Å². The highest BCUT2D eigenvalue weighted by molar-refractivity contribution is 5.95. The fourth-order valence-electron chi connectivity index (χ4n) is 3.23. The van der Waals surface area contributed by atoms with Crippen LogP contribution in [0.2, 0.25) is 0 Å². The third-order valence-electron chi connectivity index (χ3n) is 4.50. The lowest BCUT2D eigenvalue weighted by Gasteiger charge is -2.39. The number of aryl methyl sites for hydroxylation is 3. The molecule has 2 N–H and O–H groups in total. The number of rotatable bonds is 4.